The second-order valence-electron chi connectivity index (χ2n) is 5.45. The van der Waals surface area contributed by atoms with E-state index in [4.69, 9.17) is 9.15 Å². The third-order valence-corrected chi connectivity index (χ3v) is 5.85. The van der Waals surface area contributed by atoms with Gasteiger partial charge in [-0.05, 0) is 30.3 Å². The summed E-state index contributed by atoms with van der Waals surface area (Å²) in [6.07, 6.45) is 0. The first-order chi connectivity index (χ1) is 11.5. The minimum Gasteiger partial charge on any atom is -0.489 e. The van der Waals surface area contributed by atoms with Crippen molar-refractivity contribution >= 4 is 26.8 Å². The molecule has 1 aromatic heterocycles. The van der Waals surface area contributed by atoms with Crippen molar-refractivity contribution in [2.24, 2.45) is 7.05 Å². The van der Waals surface area contributed by atoms with Crippen molar-refractivity contribution in [1.29, 1.82) is 0 Å². The zero-order chi connectivity index (χ0) is 16.9. The molecule has 0 unspecified atom stereocenters. The van der Waals surface area contributed by atoms with Crippen LogP contribution in [-0.2, 0) is 17.1 Å². The zero-order valence-electron chi connectivity index (χ0n) is 12.8. The highest BCUT2D eigenvalue weighted by molar-refractivity contribution is 7.92. The first-order valence-electron chi connectivity index (χ1n) is 7.32. The van der Waals surface area contributed by atoms with Crippen molar-refractivity contribution in [1.82, 2.24) is 4.57 Å². The second-order valence-corrected chi connectivity index (χ2v) is 7.31. The van der Waals surface area contributed by atoms with E-state index in [1.54, 1.807) is 24.3 Å². The quantitative estimate of drug-likeness (QED) is 0.706. The molecule has 3 aromatic rings. The van der Waals surface area contributed by atoms with Crippen molar-refractivity contribution in [3.63, 3.8) is 0 Å². The first-order valence-corrected chi connectivity index (χ1v) is 8.76. The summed E-state index contributed by atoms with van der Waals surface area (Å²) in [4.78, 5) is 11.7. The Morgan fingerprint density at radius 2 is 1.92 bits per heavy atom. The summed E-state index contributed by atoms with van der Waals surface area (Å²) in [5, 5.41) is 0. The van der Waals surface area contributed by atoms with E-state index in [9.17, 15) is 13.2 Å². The van der Waals surface area contributed by atoms with E-state index in [0.717, 1.165) is 0 Å². The van der Waals surface area contributed by atoms with Gasteiger partial charge in [0.05, 0.1) is 22.6 Å². The van der Waals surface area contributed by atoms with Crippen LogP contribution in [0.2, 0.25) is 0 Å². The van der Waals surface area contributed by atoms with Crippen LogP contribution < -0.4 is 14.8 Å². The lowest BCUT2D eigenvalue weighted by Gasteiger charge is -2.30. The van der Waals surface area contributed by atoms with Crippen molar-refractivity contribution in [3.05, 3.63) is 53.0 Å². The van der Waals surface area contributed by atoms with Gasteiger partial charge >= 0.3 is 5.76 Å². The number of hydrogen-bond donors (Lipinski definition) is 0. The molecule has 1 aliphatic heterocycles. The summed E-state index contributed by atoms with van der Waals surface area (Å²) in [6.45, 7) is 0.504. The molecule has 2 aromatic carbocycles. The van der Waals surface area contributed by atoms with Gasteiger partial charge in [0, 0.05) is 7.05 Å². The molecule has 124 valence electrons. The van der Waals surface area contributed by atoms with Crippen LogP contribution in [0.15, 0.2) is 56.6 Å². The molecule has 0 bridgehead atoms. The van der Waals surface area contributed by atoms with E-state index in [1.165, 1.54) is 34.1 Å². The van der Waals surface area contributed by atoms with Gasteiger partial charge in [-0.15, -0.1) is 0 Å². The Morgan fingerprint density at radius 3 is 2.75 bits per heavy atom. The largest absolute Gasteiger partial charge is 0.489 e. The third-order valence-electron chi connectivity index (χ3n) is 4.04. The number of nitrogens with zero attached hydrogens (tertiary/aromatic N) is 2. The number of fused-ring (bicyclic) bond motifs is 2. The highest BCUT2D eigenvalue weighted by atomic mass is 32.2. The van der Waals surface area contributed by atoms with E-state index in [1.807, 2.05) is 0 Å². The molecule has 7 nitrogen and oxygen atoms in total. The van der Waals surface area contributed by atoms with E-state index in [-0.39, 0.29) is 18.0 Å². The maximum atomic E-state index is 13.1. The fraction of sp³-hybridized carbons (Fsp3) is 0.188. The van der Waals surface area contributed by atoms with Crippen LogP contribution in [0.3, 0.4) is 0 Å². The Kier molecular flexibility index (Phi) is 3.17. The lowest BCUT2D eigenvalue weighted by atomic mass is 10.2. The van der Waals surface area contributed by atoms with Crippen LogP contribution >= 0.6 is 0 Å². The Morgan fingerprint density at radius 1 is 1.12 bits per heavy atom. The number of aryl methyl sites for hydroxylation is 1. The van der Waals surface area contributed by atoms with E-state index < -0.39 is 15.8 Å². The average Bonchev–Trinajstić information content (AvgIpc) is 2.88. The molecule has 2 heterocycles. The number of aromatic nitrogens is 1. The minimum atomic E-state index is -3.78. The fourth-order valence-corrected chi connectivity index (χ4v) is 4.27. The molecule has 0 atom stereocenters. The van der Waals surface area contributed by atoms with Gasteiger partial charge in [-0.2, -0.15) is 0 Å². The van der Waals surface area contributed by atoms with Gasteiger partial charge in [0.1, 0.15) is 12.4 Å². The van der Waals surface area contributed by atoms with Gasteiger partial charge in [0.25, 0.3) is 10.0 Å². The average molecular weight is 346 g/mol. The molecule has 4 rings (SSSR count). The molecule has 8 heteroatoms. The molecule has 0 radical (unpaired) electrons. The van der Waals surface area contributed by atoms with Crippen LogP contribution in [0.4, 0.5) is 5.69 Å². The predicted octanol–water partition coefficient (Wildman–Crippen LogP) is 1.72. The maximum Gasteiger partial charge on any atom is 0.419 e. The van der Waals surface area contributed by atoms with Crippen molar-refractivity contribution in [2.45, 2.75) is 4.90 Å². The molecular formula is C16H14N2O5S. The summed E-state index contributed by atoms with van der Waals surface area (Å²) in [6, 6.07) is 11.4. The highest BCUT2D eigenvalue weighted by Crippen LogP contribution is 2.35. The topological polar surface area (TPSA) is 81.8 Å². The summed E-state index contributed by atoms with van der Waals surface area (Å²) in [5.41, 5.74) is 1.29. The summed E-state index contributed by atoms with van der Waals surface area (Å²) < 4.78 is 39.3. The predicted molar refractivity (Wildman–Crippen MR) is 87.9 cm³/mol. The smallest absolute Gasteiger partial charge is 0.419 e. The summed E-state index contributed by atoms with van der Waals surface area (Å²) in [5.74, 6) is 0.000352. The lowest BCUT2D eigenvalue weighted by Crippen LogP contribution is -2.37. The monoisotopic (exact) mass is 346 g/mol. The van der Waals surface area contributed by atoms with Gasteiger partial charge in [-0.25, -0.2) is 13.2 Å². The number of anilines is 1. The normalized spacial score (nSPS) is 14.5. The van der Waals surface area contributed by atoms with Crippen LogP contribution in [0, 0.1) is 0 Å². The zero-order valence-corrected chi connectivity index (χ0v) is 13.6. The summed E-state index contributed by atoms with van der Waals surface area (Å²) >= 11 is 0. The van der Waals surface area contributed by atoms with Crippen molar-refractivity contribution < 1.29 is 17.6 Å². The van der Waals surface area contributed by atoms with E-state index in [0.29, 0.717) is 22.5 Å². The number of benzene rings is 2. The minimum absolute atomic E-state index is 0.100. The third kappa shape index (κ3) is 2.10. The van der Waals surface area contributed by atoms with Crippen molar-refractivity contribution in [2.75, 3.05) is 17.5 Å². The van der Waals surface area contributed by atoms with Gasteiger partial charge in [0.2, 0.25) is 0 Å². The maximum absolute atomic E-state index is 13.1. The Hall–Kier alpha value is -2.74. The number of para-hydroxylation sites is 2. The summed E-state index contributed by atoms with van der Waals surface area (Å²) in [7, 11) is -2.24. The first kappa shape index (κ1) is 14.8. The number of hydrogen-bond acceptors (Lipinski definition) is 5. The van der Waals surface area contributed by atoms with Crippen molar-refractivity contribution in [3.8, 4) is 5.75 Å². The molecule has 0 N–H and O–H groups in total. The lowest BCUT2D eigenvalue weighted by molar-refractivity contribution is 0.316. The van der Waals surface area contributed by atoms with Crippen LogP contribution in [-0.4, -0.2) is 26.1 Å². The van der Waals surface area contributed by atoms with E-state index >= 15 is 0 Å². The molecule has 0 amide bonds. The number of sulfonamides is 1. The van der Waals surface area contributed by atoms with E-state index in [2.05, 4.69) is 0 Å². The van der Waals surface area contributed by atoms with Gasteiger partial charge < -0.3 is 9.15 Å². The highest BCUT2D eigenvalue weighted by Gasteiger charge is 2.30. The molecule has 0 aliphatic carbocycles. The SMILES string of the molecule is Cn1c(=O)oc2ccc(S(=O)(=O)N3CCOc4ccccc43)cc21. The number of oxazole rings is 1. The molecule has 1 aliphatic rings. The molecule has 0 fully saturated rings. The van der Waals surface area contributed by atoms with Crippen LogP contribution in [0.25, 0.3) is 11.1 Å². The number of ether oxygens (including phenoxy) is 1. The van der Waals surface area contributed by atoms with Gasteiger partial charge in [-0.3, -0.25) is 8.87 Å². The van der Waals surface area contributed by atoms with Gasteiger partial charge in [-0.1, -0.05) is 12.1 Å². The molecule has 0 spiro atoms. The standard InChI is InChI=1S/C16H14N2O5S/c1-17-13-10-11(6-7-15(13)23-16(17)19)24(20,21)18-8-9-22-14-5-3-2-4-12(14)18/h2-7,10H,8-9H2,1H3. The Bertz CT molecular complexity index is 1100. The molecule has 0 saturated heterocycles. The van der Waals surface area contributed by atoms with Crippen LogP contribution in [0.5, 0.6) is 5.75 Å². The van der Waals surface area contributed by atoms with Crippen LogP contribution in [0.1, 0.15) is 0 Å². The fourth-order valence-electron chi connectivity index (χ4n) is 2.79. The molecule has 24 heavy (non-hydrogen) atoms. The Labute approximate surface area is 137 Å². The van der Waals surface area contributed by atoms with Gasteiger partial charge in [0.15, 0.2) is 5.58 Å². The number of rotatable bonds is 2. The molecule has 0 saturated carbocycles. The molecular weight excluding hydrogens is 332 g/mol. The Balaban J connectivity index is 1.87. The second kappa shape index (κ2) is 5.13.